The minimum Gasteiger partial charge on any atom is -0.344 e. The van der Waals surface area contributed by atoms with Crippen LogP contribution in [-0.2, 0) is 17.3 Å². The molecule has 0 bridgehead atoms. The number of aryl methyl sites for hydroxylation is 1. The van der Waals surface area contributed by atoms with Crippen LogP contribution < -0.4 is 15.2 Å². The Morgan fingerprint density at radius 1 is 1.09 bits per heavy atom. The van der Waals surface area contributed by atoms with Crippen molar-refractivity contribution in [3.63, 3.8) is 0 Å². The summed E-state index contributed by atoms with van der Waals surface area (Å²) < 4.78 is 31.2. The molecule has 4 aromatic heterocycles. The highest BCUT2D eigenvalue weighted by atomic mass is 32.2. The van der Waals surface area contributed by atoms with Crippen molar-refractivity contribution in [2.75, 3.05) is 4.72 Å². The van der Waals surface area contributed by atoms with Crippen LogP contribution in [0, 0.1) is 16.5 Å². The number of hydrogen-bond acceptors (Lipinski definition) is 7. The van der Waals surface area contributed by atoms with Gasteiger partial charge in [-0.3, -0.25) is 14.2 Å². The summed E-state index contributed by atoms with van der Waals surface area (Å²) in [6.45, 7) is 1.81. The van der Waals surface area contributed by atoms with Gasteiger partial charge in [0.1, 0.15) is 10.2 Å². The maximum absolute atomic E-state index is 13.7. The zero-order valence-electron chi connectivity index (χ0n) is 23.5. The molecule has 0 aliphatic carbocycles. The molecule has 6 rings (SSSR count). The van der Waals surface area contributed by atoms with Crippen molar-refractivity contribution in [1.29, 1.82) is 0 Å². The molecular weight excluding hydrogens is 599 g/mol. The van der Waals surface area contributed by atoms with Gasteiger partial charge < -0.3 is 9.88 Å². The number of carbonyl (C=O) groups is 1. The number of fused-ring (bicyclic) bond motifs is 2. The van der Waals surface area contributed by atoms with Crippen molar-refractivity contribution in [3.8, 4) is 17.5 Å². The third kappa shape index (κ3) is 5.66. The lowest BCUT2D eigenvalue weighted by Crippen LogP contribution is -2.30. The molecule has 4 heterocycles. The highest BCUT2D eigenvalue weighted by Gasteiger charge is 2.26. The molecule has 14 heteroatoms. The number of amides is 1. The second-order valence-corrected chi connectivity index (χ2v) is 11.6. The third-order valence-electron chi connectivity index (χ3n) is 6.79. The molecule has 12 nitrogen and oxygen atoms in total. The van der Waals surface area contributed by atoms with Crippen LogP contribution in [0.3, 0.4) is 0 Å². The second-order valence-electron chi connectivity index (χ2n) is 9.92. The first-order chi connectivity index (χ1) is 21.1. The van der Waals surface area contributed by atoms with Gasteiger partial charge in [0.15, 0.2) is 11.5 Å². The van der Waals surface area contributed by atoms with Crippen molar-refractivity contribution in [3.05, 3.63) is 112 Å². The second kappa shape index (κ2) is 11.4. The average Bonchev–Trinajstić information content (AvgIpc) is 3.57. The highest BCUT2D eigenvalue weighted by molar-refractivity contribution is 7.90. The maximum atomic E-state index is 13.7. The molecule has 0 aliphatic rings. The Morgan fingerprint density at radius 3 is 2.61 bits per heavy atom. The molecule has 0 unspecified atom stereocenters. The molecule has 0 saturated heterocycles. The molecule has 0 saturated carbocycles. The molecule has 0 spiro atoms. The third-order valence-corrected chi connectivity index (χ3v) is 7.65. The van der Waals surface area contributed by atoms with Gasteiger partial charge in [-0.05, 0) is 42.6 Å². The zero-order valence-corrected chi connectivity index (χ0v) is 25.1. The van der Waals surface area contributed by atoms with Gasteiger partial charge in [-0.2, -0.15) is 13.5 Å². The number of anilines is 1. The van der Waals surface area contributed by atoms with Gasteiger partial charge in [0.25, 0.3) is 16.1 Å². The Morgan fingerprint density at radius 2 is 1.89 bits per heavy atom. The fourth-order valence-electron chi connectivity index (χ4n) is 4.92. The normalized spacial score (nSPS) is 12.1. The number of hydrogen-bond donors (Lipinski definition) is 3. The van der Waals surface area contributed by atoms with E-state index < -0.39 is 22.2 Å². The number of rotatable bonds is 6. The summed E-state index contributed by atoms with van der Waals surface area (Å²) in [6, 6.07) is 18.3. The predicted octanol–water partition coefficient (Wildman–Crippen LogP) is 3.64. The minimum absolute atomic E-state index is 0.0786. The van der Waals surface area contributed by atoms with E-state index in [1.54, 1.807) is 23.1 Å². The summed E-state index contributed by atoms with van der Waals surface area (Å²) in [5.41, 5.74) is 3.08. The van der Waals surface area contributed by atoms with Crippen LogP contribution in [0.2, 0.25) is 0 Å². The van der Waals surface area contributed by atoms with E-state index in [-0.39, 0.29) is 17.0 Å². The molecule has 0 radical (unpaired) electrons. The molecular formula is C30H25N9O3S2. The number of nitrogens with two attached hydrogens (primary N) is 1. The number of carbonyl (C=O) groups excluding carboxylic acids is 1. The number of benzene rings is 2. The molecule has 1 amide bonds. The van der Waals surface area contributed by atoms with E-state index in [9.17, 15) is 13.2 Å². The lowest BCUT2D eigenvalue weighted by atomic mass is 10.0. The Hall–Kier alpha value is -5.36. The summed E-state index contributed by atoms with van der Waals surface area (Å²) in [6.07, 6.45) is 6.55. The minimum atomic E-state index is -4.23. The highest BCUT2D eigenvalue weighted by Crippen LogP contribution is 2.29. The predicted molar refractivity (Wildman–Crippen MR) is 169 cm³/mol. The van der Waals surface area contributed by atoms with E-state index in [1.165, 1.54) is 10.7 Å². The lowest BCUT2D eigenvalue weighted by Gasteiger charge is -2.22. The SMILES string of the molecule is C[C@H](NC(=O)c1c(NS(N)(=O)=O)nn2cccnc12)c1cc2cccc(C#Cc3cnn(C)c3)c2c(=S)n1-c1ccccc1. The number of nitrogens with zero attached hydrogens (tertiary/aromatic N) is 6. The fraction of sp³-hybridized carbons (Fsp3) is 0.100. The fourth-order valence-corrected chi connectivity index (χ4v) is 5.77. The first kappa shape index (κ1) is 28.7. The summed E-state index contributed by atoms with van der Waals surface area (Å²) >= 11 is 6.09. The summed E-state index contributed by atoms with van der Waals surface area (Å²) in [5, 5.41) is 18.1. The molecule has 2 aromatic carbocycles. The monoisotopic (exact) mass is 623 g/mol. The topological polar surface area (TPSA) is 154 Å². The van der Waals surface area contributed by atoms with Gasteiger partial charge in [-0.25, -0.2) is 14.6 Å². The molecule has 4 N–H and O–H groups in total. The van der Waals surface area contributed by atoms with Gasteiger partial charge in [0, 0.05) is 48.0 Å². The Balaban J connectivity index is 1.47. The van der Waals surface area contributed by atoms with Crippen LogP contribution >= 0.6 is 12.2 Å². The smallest absolute Gasteiger partial charge is 0.297 e. The van der Waals surface area contributed by atoms with Crippen LogP contribution in [0.25, 0.3) is 22.1 Å². The van der Waals surface area contributed by atoms with E-state index in [4.69, 9.17) is 17.4 Å². The van der Waals surface area contributed by atoms with E-state index in [0.29, 0.717) is 10.3 Å². The Kier molecular flexibility index (Phi) is 7.43. The van der Waals surface area contributed by atoms with Crippen LogP contribution in [0.4, 0.5) is 5.82 Å². The standard InChI is InChI=1S/C30H25N9O3S2/c1-19(34-29(40)26-27(36-44(31,41)42)35-38-15-7-14-32-28(26)38)24-16-22-9-6-8-21(13-12-20-17-33-37(2)18-20)25(22)30(43)39(24)23-10-4-3-5-11-23/h3-11,14-19H,1-2H3,(H,34,40)(H,35,36)(H2,31,41,42)/t19-/m0/s1. The number of pyridine rings is 1. The molecule has 0 aliphatic heterocycles. The number of nitrogens with one attached hydrogen (secondary N) is 2. The largest absolute Gasteiger partial charge is 0.344 e. The molecule has 220 valence electrons. The van der Waals surface area contributed by atoms with Gasteiger partial charge >= 0.3 is 0 Å². The van der Waals surface area contributed by atoms with Crippen molar-refractivity contribution in [2.24, 2.45) is 12.2 Å². The van der Waals surface area contributed by atoms with E-state index >= 15 is 0 Å². The zero-order chi connectivity index (χ0) is 31.0. The maximum Gasteiger partial charge on any atom is 0.297 e. The van der Waals surface area contributed by atoms with Gasteiger partial charge in [-0.1, -0.05) is 54.4 Å². The van der Waals surface area contributed by atoms with Crippen LogP contribution in [-0.4, -0.2) is 43.3 Å². The van der Waals surface area contributed by atoms with E-state index in [2.05, 4.69) is 37.1 Å². The molecule has 6 aromatic rings. The average molecular weight is 624 g/mol. The summed E-state index contributed by atoms with van der Waals surface area (Å²) in [7, 11) is -2.40. The summed E-state index contributed by atoms with van der Waals surface area (Å²) in [4.78, 5) is 18.0. The van der Waals surface area contributed by atoms with Gasteiger partial charge in [-0.15, -0.1) is 5.10 Å². The van der Waals surface area contributed by atoms with Crippen LogP contribution in [0.1, 0.15) is 40.1 Å². The molecule has 0 fully saturated rings. The van der Waals surface area contributed by atoms with Crippen molar-refractivity contribution < 1.29 is 13.2 Å². The van der Waals surface area contributed by atoms with E-state index in [1.807, 2.05) is 79.3 Å². The van der Waals surface area contributed by atoms with Crippen molar-refractivity contribution in [1.82, 2.24) is 34.3 Å². The molecule has 1 atom stereocenters. The van der Waals surface area contributed by atoms with Gasteiger partial charge in [0.2, 0.25) is 0 Å². The first-order valence-electron chi connectivity index (χ1n) is 13.3. The van der Waals surface area contributed by atoms with Crippen molar-refractivity contribution in [2.45, 2.75) is 13.0 Å². The van der Waals surface area contributed by atoms with Crippen LogP contribution in [0.15, 0.2) is 85.5 Å². The van der Waals surface area contributed by atoms with E-state index in [0.717, 1.165) is 27.6 Å². The van der Waals surface area contributed by atoms with Crippen LogP contribution in [0.5, 0.6) is 0 Å². The van der Waals surface area contributed by atoms with Gasteiger partial charge in [0.05, 0.1) is 17.8 Å². The molecule has 44 heavy (non-hydrogen) atoms. The number of aromatic nitrogens is 6. The first-order valence-corrected chi connectivity index (χ1v) is 15.2. The quantitative estimate of drug-likeness (QED) is 0.189. The number of para-hydroxylation sites is 1. The summed E-state index contributed by atoms with van der Waals surface area (Å²) in [5.74, 6) is 5.54. The lowest BCUT2D eigenvalue weighted by molar-refractivity contribution is 0.0941. The Bertz CT molecular complexity index is 2300. The Labute approximate surface area is 257 Å². The van der Waals surface area contributed by atoms with Crippen molar-refractivity contribution >= 4 is 50.6 Å².